The molecule has 8 heteroatoms. The molecule has 0 aliphatic carbocycles. The number of rotatable bonds is 4. The number of aromatic nitrogens is 7. The summed E-state index contributed by atoms with van der Waals surface area (Å²) in [6.07, 6.45) is 7.03. The number of pyridine rings is 2. The molecule has 0 radical (unpaired) electrons. The monoisotopic (exact) mass is 371 g/mol. The van der Waals surface area contributed by atoms with E-state index < -0.39 is 0 Å². The fourth-order valence-corrected chi connectivity index (χ4v) is 3.56. The molecule has 0 fully saturated rings. The summed E-state index contributed by atoms with van der Waals surface area (Å²) in [6, 6.07) is 14.0. The van der Waals surface area contributed by atoms with Crippen molar-refractivity contribution in [1.29, 1.82) is 0 Å². The second-order valence-corrected chi connectivity index (χ2v) is 7.01. The smallest absolute Gasteiger partial charge is 0.221 e. The molecule has 0 amide bonds. The van der Waals surface area contributed by atoms with Gasteiger partial charge in [0.25, 0.3) is 0 Å². The van der Waals surface area contributed by atoms with Crippen molar-refractivity contribution in [3.63, 3.8) is 0 Å². The van der Waals surface area contributed by atoms with Crippen LogP contribution in [0.2, 0.25) is 0 Å². The van der Waals surface area contributed by atoms with Gasteiger partial charge in [-0.05, 0) is 35.9 Å². The molecule has 0 saturated carbocycles. The lowest BCUT2D eigenvalue weighted by Crippen LogP contribution is -2.03. The molecule has 1 aromatic carbocycles. The molecular formula is C19H13N7S. The summed E-state index contributed by atoms with van der Waals surface area (Å²) >= 11 is 1.53. The van der Waals surface area contributed by atoms with Crippen molar-refractivity contribution >= 4 is 34.0 Å². The summed E-state index contributed by atoms with van der Waals surface area (Å²) in [6.45, 7) is 0.569. The SMILES string of the molecule is c1cnc2ccc(Cn3nnc4ncc(Sc5ccncc5)nc43)cc2c1. The summed E-state index contributed by atoms with van der Waals surface area (Å²) in [5.41, 5.74) is 3.29. The van der Waals surface area contributed by atoms with E-state index >= 15 is 0 Å². The maximum Gasteiger partial charge on any atom is 0.221 e. The Kier molecular flexibility index (Phi) is 3.95. The maximum atomic E-state index is 4.69. The van der Waals surface area contributed by atoms with Crippen LogP contribution >= 0.6 is 11.8 Å². The molecule has 4 heterocycles. The van der Waals surface area contributed by atoms with Gasteiger partial charge in [0.2, 0.25) is 5.65 Å². The Morgan fingerprint density at radius 1 is 0.963 bits per heavy atom. The molecule has 4 aromatic heterocycles. The van der Waals surface area contributed by atoms with Crippen molar-refractivity contribution in [2.45, 2.75) is 16.5 Å². The molecule has 130 valence electrons. The Balaban J connectivity index is 1.48. The van der Waals surface area contributed by atoms with Gasteiger partial charge in [0.1, 0.15) is 5.03 Å². The lowest BCUT2D eigenvalue weighted by Gasteiger charge is -2.05. The predicted octanol–water partition coefficient (Wildman–Crippen LogP) is 3.36. The number of nitrogens with zero attached hydrogens (tertiary/aromatic N) is 7. The van der Waals surface area contributed by atoms with Crippen LogP contribution in [0, 0.1) is 0 Å². The van der Waals surface area contributed by atoms with Gasteiger partial charge in [-0.15, -0.1) is 5.10 Å². The zero-order valence-corrected chi connectivity index (χ0v) is 14.9. The third kappa shape index (κ3) is 3.22. The van der Waals surface area contributed by atoms with E-state index in [9.17, 15) is 0 Å². The summed E-state index contributed by atoms with van der Waals surface area (Å²) in [5, 5.41) is 10.2. The van der Waals surface area contributed by atoms with E-state index in [2.05, 4.69) is 37.4 Å². The first-order valence-corrected chi connectivity index (χ1v) is 9.15. The molecular weight excluding hydrogens is 358 g/mol. The highest BCUT2D eigenvalue weighted by Crippen LogP contribution is 2.25. The number of fused-ring (bicyclic) bond motifs is 2. The van der Waals surface area contributed by atoms with Crippen molar-refractivity contribution in [3.05, 3.63) is 72.8 Å². The molecule has 7 nitrogen and oxygen atoms in total. The van der Waals surface area contributed by atoms with Gasteiger partial charge in [-0.25, -0.2) is 14.6 Å². The van der Waals surface area contributed by atoms with Crippen molar-refractivity contribution in [1.82, 2.24) is 34.9 Å². The van der Waals surface area contributed by atoms with E-state index in [4.69, 9.17) is 4.98 Å². The van der Waals surface area contributed by atoms with Crippen molar-refractivity contribution in [2.24, 2.45) is 0 Å². The summed E-state index contributed by atoms with van der Waals surface area (Å²) < 4.78 is 1.77. The van der Waals surface area contributed by atoms with Gasteiger partial charge in [-0.1, -0.05) is 29.1 Å². The fraction of sp³-hybridized carbons (Fsp3) is 0.0526. The van der Waals surface area contributed by atoms with Crippen LogP contribution in [0.1, 0.15) is 5.56 Å². The third-order valence-corrected chi connectivity index (χ3v) is 4.99. The fourth-order valence-electron chi connectivity index (χ4n) is 2.82. The van der Waals surface area contributed by atoms with Gasteiger partial charge in [0.15, 0.2) is 5.65 Å². The van der Waals surface area contributed by atoms with Gasteiger partial charge in [-0.2, -0.15) is 0 Å². The molecule has 27 heavy (non-hydrogen) atoms. The van der Waals surface area contributed by atoms with Crippen molar-refractivity contribution < 1.29 is 0 Å². The number of hydrogen-bond donors (Lipinski definition) is 0. The van der Waals surface area contributed by atoms with Crippen LogP contribution < -0.4 is 0 Å². The van der Waals surface area contributed by atoms with E-state index in [1.54, 1.807) is 29.5 Å². The molecule has 0 bridgehead atoms. The third-order valence-electron chi connectivity index (χ3n) is 4.08. The van der Waals surface area contributed by atoms with Gasteiger partial charge in [-0.3, -0.25) is 9.97 Å². The van der Waals surface area contributed by atoms with Gasteiger partial charge in [0, 0.05) is 28.9 Å². The molecule has 5 aromatic rings. The van der Waals surface area contributed by atoms with Crippen molar-refractivity contribution in [3.8, 4) is 0 Å². The van der Waals surface area contributed by atoms with Crippen LogP contribution in [0.4, 0.5) is 0 Å². The average molecular weight is 371 g/mol. The van der Waals surface area contributed by atoms with Gasteiger partial charge in [0.05, 0.1) is 18.3 Å². The number of hydrogen-bond acceptors (Lipinski definition) is 7. The van der Waals surface area contributed by atoms with Gasteiger partial charge >= 0.3 is 0 Å². The highest BCUT2D eigenvalue weighted by atomic mass is 32.2. The normalized spacial score (nSPS) is 11.3. The maximum absolute atomic E-state index is 4.69. The quantitative estimate of drug-likeness (QED) is 0.479. The van der Waals surface area contributed by atoms with Crippen LogP contribution in [-0.4, -0.2) is 34.9 Å². The zero-order chi connectivity index (χ0) is 18.1. The highest BCUT2D eigenvalue weighted by Gasteiger charge is 2.10. The summed E-state index contributed by atoms with van der Waals surface area (Å²) in [5.74, 6) is 0. The van der Waals surface area contributed by atoms with Gasteiger partial charge < -0.3 is 0 Å². The van der Waals surface area contributed by atoms with Crippen LogP contribution in [0.3, 0.4) is 0 Å². The largest absolute Gasteiger partial charge is 0.265 e. The first kappa shape index (κ1) is 15.8. The first-order valence-electron chi connectivity index (χ1n) is 8.33. The Morgan fingerprint density at radius 3 is 2.81 bits per heavy atom. The van der Waals surface area contributed by atoms with E-state index in [0.717, 1.165) is 26.4 Å². The predicted molar refractivity (Wildman–Crippen MR) is 102 cm³/mol. The lowest BCUT2D eigenvalue weighted by atomic mass is 10.1. The Labute approximate surface area is 158 Å². The molecule has 5 rings (SSSR count). The molecule has 0 saturated heterocycles. The minimum atomic E-state index is 0.538. The Morgan fingerprint density at radius 2 is 1.89 bits per heavy atom. The first-order chi connectivity index (χ1) is 13.3. The standard InChI is InChI=1S/C19H13N7S/c1-2-14-10-13(3-4-16(14)21-7-1)12-26-19-18(24-25-26)22-11-17(23-19)27-15-5-8-20-9-6-15/h1-11H,12H2. The van der Waals surface area contributed by atoms with E-state index in [0.29, 0.717) is 17.8 Å². The highest BCUT2D eigenvalue weighted by molar-refractivity contribution is 7.99. The molecule has 0 spiro atoms. The van der Waals surface area contributed by atoms with Crippen molar-refractivity contribution in [2.75, 3.05) is 0 Å². The second-order valence-electron chi connectivity index (χ2n) is 5.92. The molecule has 0 aliphatic rings. The number of benzene rings is 1. The van der Waals surface area contributed by atoms with E-state index in [1.807, 2.05) is 30.3 Å². The Bertz CT molecular complexity index is 1240. The lowest BCUT2D eigenvalue weighted by molar-refractivity contribution is 0.663. The summed E-state index contributed by atoms with van der Waals surface area (Å²) in [7, 11) is 0. The minimum Gasteiger partial charge on any atom is -0.265 e. The second kappa shape index (κ2) is 6.73. The average Bonchev–Trinajstić information content (AvgIpc) is 3.11. The van der Waals surface area contributed by atoms with Crippen LogP contribution in [-0.2, 0) is 6.54 Å². The van der Waals surface area contributed by atoms with E-state index in [1.165, 1.54) is 11.8 Å². The topological polar surface area (TPSA) is 82.3 Å². The molecule has 0 aliphatic heterocycles. The molecule has 0 atom stereocenters. The van der Waals surface area contributed by atoms with Crippen LogP contribution in [0.25, 0.3) is 22.2 Å². The van der Waals surface area contributed by atoms with Crippen LogP contribution in [0.15, 0.2) is 77.2 Å². The van der Waals surface area contributed by atoms with E-state index in [-0.39, 0.29) is 0 Å². The molecule has 0 N–H and O–H groups in total. The Hall–Kier alpha value is -3.39. The summed E-state index contributed by atoms with van der Waals surface area (Å²) in [4.78, 5) is 18.5. The molecule has 0 unspecified atom stereocenters. The minimum absolute atomic E-state index is 0.538. The zero-order valence-electron chi connectivity index (χ0n) is 14.1. The van der Waals surface area contributed by atoms with Crippen LogP contribution in [0.5, 0.6) is 0 Å².